The number of amides is 1. The van der Waals surface area contributed by atoms with E-state index in [-0.39, 0.29) is 17.2 Å². The second kappa shape index (κ2) is 6.36. The van der Waals surface area contributed by atoms with Crippen LogP contribution >= 0.6 is 0 Å². The predicted molar refractivity (Wildman–Crippen MR) is 88.6 cm³/mol. The number of carbonyl (C=O) groups excluding carboxylic acids is 1. The lowest BCUT2D eigenvalue weighted by Gasteiger charge is -2.29. The van der Waals surface area contributed by atoms with Crippen molar-refractivity contribution in [3.63, 3.8) is 0 Å². The van der Waals surface area contributed by atoms with Gasteiger partial charge in [-0.15, -0.1) is 10.2 Å². The van der Waals surface area contributed by atoms with Crippen LogP contribution in [0.3, 0.4) is 0 Å². The Labute approximate surface area is 141 Å². The number of nitrogens with one attached hydrogen (secondary N) is 1. The molecule has 1 saturated heterocycles. The summed E-state index contributed by atoms with van der Waals surface area (Å²) in [6.45, 7) is 6.94. The normalized spacial score (nSPS) is 21.0. The van der Waals surface area contributed by atoms with E-state index >= 15 is 0 Å². The number of nitrogens with zero attached hydrogens (tertiary/aromatic N) is 2. The van der Waals surface area contributed by atoms with Crippen molar-refractivity contribution in [2.75, 3.05) is 13.2 Å². The highest BCUT2D eigenvalue weighted by molar-refractivity contribution is 5.89. The fourth-order valence-corrected chi connectivity index (χ4v) is 2.83. The Balaban J connectivity index is 1.71. The fraction of sp³-hybridized carbons (Fsp3) is 0.500. The fourth-order valence-electron chi connectivity index (χ4n) is 2.83. The Morgan fingerprint density at radius 3 is 2.58 bits per heavy atom. The van der Waals surface area contributed by atoms with Crippen LogP contribution in [0.2, 0.25) is 0 Å². The van der Waals surface area contributed by atoms with Gasteiger partial charge in [0.25, 0.3) is 0 Å². The summed E-state index contributed by atoms with van der Waals surface area (Å²) in [5, 5.41) is 10.7. The molecule has 1 aliphatic heterocycles. The van der Waals surface area contributed by atoms with E-state index in [1.165, 1.54) is 0 Å². The first-order valence-corrected chi connectivity index (χ1v) is 8.22. The molecule has 1 fully saturated rings. The summed E-state index contributed by atoms with van der Waals surface area (Å²) in [5.41, 5.74) is 0.304. The summed E-state index contributed by atoms with van der Waals surface area (Å²) in [7, 11) is 0. The minimum atomic E-state index is -0.482. The quantitative estimate of drug-likeness (QED) is 0.933. The molecule has 1 aromatic heterocycles. The molecule has 0 aliphatic carbocycles. The van der Waals surface area contributed by atoms with E-state index in [0.29, 0.717) is 19.0 Å². The van der Waals surface area contributed by atoms with Gasteiger partial charge in [-0.2, -0.15) is 0 Å². The number of benzene rings is 1. The minimum absolute atomic E-state index is 0.0128. The smallest absolute Gasteiger partial charge is 0.308 e. The molecule has 24 heavy (non-hydrogen) atoms. The summed E-state index contributed by atoms with van der Waals surface area (Å²) >= 11 is 0. The number of carbonyl (C=O) groups is 1. The van der Waals surface area contributed by atoms with Crippen LogP contribution in [0.1, 0.15) is 55.8 Å². The van der Waals surface area contributed by atoms with Crippen LogP contribution in [0.5, 0.6) is 0 Å². The first kappa shape index (κ1) is 16.6. The Bertz CT molecular complexity index is 698. The molecule has 0 bridgehead atoms. The van der Waals surface area contributed by atoms with Gasteiger partial charge in [0, 0.05) is 12.0 Å². The van der Waals surface area contributed by atoms with Crippen molar-refractivity contribution < 1.29 is 13.9 Å². The van der Waals surface area contributed by atoms with Gasteiger partial charge in [-0.1, -0.05) is 51.1 Å². The first-order chi connectivity index (χ1) is 11.4. The molecule has 6 nitrogen and oxygen atoms in total. The van der Waals surface area contributed by atoms with Crippen LogP contribution in [-0.4, -0.2) is 29.3 Å². The number of hydrogen-bond acceptors (Lipinski definition) is 5. The van der Waals surface area contributed by atoms with Crippen LogP contribution in [0.15, 0.2) is 34.7 Å². The van der Waals surface area contributed by atoms with Gasteiger partial charge in [0.15, 0.2) is 0 Å². The highest BCUT2D eigenvalue weighted by Crippen LogP contribution is 2.35. The molecule has 1 atom stereocenters. The highest BCUT2D eigenvalue weighted by Gasteiger charge is 2.37. The van der Waals surface area contributed by atoms with Crippen molar-refractivity contribution in [3.05, 3.63) is 47.7 Å². The number of aromatic nitrogens is 2. The van der Waals surface area contributed by atoms with Crippen molar-refractivity contribution >= 4 is 5.91 Å². The average Bonchev–Trinajstić information content (AvgIpc) is 3.23. The van der Waals surface area contributed by atoms with E-state index in [1.54, 1.807) is 0 Å². The largest absolute Gasteiger partial charge is 0.416 e. The second-order valence-corrected chi connectivity index (χ2v) is 7.16. The third-order valence-electron chi connectivity index (χ3n) is 4.20. The summed E-state index contributed by atoms with van der Waals surface area (Å²) < 4.78 is 11.5. The first-order valence-electron chi connectivity index (χ1n) is 8.22. The van der Waals surface area contributed by atoms with E-state index in [9.17, 15) is 4.79 Å². The standard InChI is InChI=1S/C18H23N3O3/c1-17(2,3)16-21-20-15(24-16)14(22)19-12-18(10-7-11-23-18)13-8-5-4-6-9-13/h4-6,8-9H,7,10-12H2,1-3H3,(H,19,22). The van der Waals surface area contributed by atoms with Crippen LogP contribution in [0.25, 0.3) is 0 Å². The molecule has 6 heteroatoms. The summed E-state index contributed by atoms with van der Waals surface area (Å²) in [6.07, 6.45) is 1.84. The molecule has 1 amide bonds. The van der Waals surface area contributed by atoms with E-state index in [4.69, 9.17) is 9.15 Å². The maximum atomic E-state index is 12.4. The molecule has 0 radical (unpaired) electrons. The predicted octanol–water partition coefficient (Wildman–Crippen LogP) is 2.80. The molecule has 2 aromatic rings. The maximum absolute atomic E-state index is 12.4. The Kier molecular flexibility index (Phi) is 4.41. The SMILES string of the molecule is CC(C)(C)c1nnc(C(=O)NCC2(c3ccccc3)CCCO2)o1. The van der Waals surface area contributed by atoms with Gasteiger partial charge in [0.05, 0.1) is 6.54 Å². The molecule has 2 heterocycles. The zero-order chi connectivity index (χ0) is 17.2. The zero-order valence-electron chi connectivity index (χ0n) is 14.3. The summed E-state index contributed by atoms with van der Waals surface area (Å²) in [5.74, 6) is 0.0625. The van der Waals surface area contributed by atoms with Gasteiger partial charge < -0.3 is 14.5 Å². The zero-order valence-corrected chi connectivity index (χ0v) is 14.3. The molecule has 0 spiro atoms. The minimum Gasteiger partial charge on any atom is -0.416 e. The maximum Gasteiger partial charge on any atom is 0.308 e. The molecular weight excluding hydrogens is 306 g/mol. The van der Waals surface area contributed by atoms with Gasteiger partial charge in [-0.25, -0.2) is 0 Å². The lowest BCUT2D eigenvalue weighted by atomic mass is 9.90. The monoisotopic (exact) mass is 329 g/mol. The average molecular weight is 329 g/mol. The Morgan fingerprint density at radius 2 is 2.00 bits per heavy atom. The van der Waals surface area contributed by atoms with Crippen molar-refractivity contribution in [2.45, 2.75) is 44.6 Å². The number of ether oxygens (including phenoxy) is 1. The molecule has 3 rings (SSSR count). The van der Waals surface area contributed by atoms with Gasteiger partial charge in [0.2, 0.25) is 5.89 Å². The highest BCUT2D eigenvalue weighted by atomic mass is 16.5. The van der Waals surface area contributed by atoms with Gasteiger partial charge in [-0.05, 0) is 18.4 Å². The third-order valence-corrected chi connectivity index (χ3v) is 4.20. The lowest BCUT2D eigenvalue weighted by molar-refractivity contribution is 0.00108. The topological polar surface area (TPSA) is 77.2 Å². The van der Waals surface area contributed by atoms with Crippen molar-refractivity contribution in [3.8, 4) is 0 Å². The van der Waals surface area contributed by atoms with E-state index in [0.717, 1.165) is 18.4 Å². The molecule has 1 aliphatic rings. The van der Waals surface area contributed by atoms with Crippen LogP contribution in [-0.2, 0) is 15.8 Å². The Hall–Kier alpha value is -2.21. The summed E-state index contributed by atoms with van der Waals surface area (Å²) in [4.78, 5) is 12.4. The van der Waals surface area contributed by atoms with E-state index in [2.05, 4.69) is 15.5 Å². The molecule has 1 N–H and O–H groups in total. The lowest BCUT2D eigenvalue weighted by Crippen LogP contribution is -2.40. The number of rotatable bonds is 4. The van der Waals surface area contributed by atoms with Crippen LogP contribution < -0.4 is 5.32 Å². The van der Waals surface area contributed by atoms with E-state index < -0.39 is 5.60 Å². The molecule has 128 valence electrons. The van der Waals surface area contributed by atoms with Crippen LogP contribution in [0.4, 0.5) is 0 Å². The molecular formula is C18H23N3O3. The van der Waals surface area contributed by atoms with Gasteiger partial charge in [-0.3, -0.25) is 4.79 Å². The van der Waals surface area contributed by atoms with Crippen molar-refractivity contribution in [2.24, 2.45) is 0 Å². The van der Waals surface area contributed by atoms with Crippen molar-refractivity contribution in [1.29, 1.82) is 0 Å². The molecule has 0 saturated carbocycles. The summed E-state index contributed by atoms with van der Waals surface area (Å²) in [6, 6.07) is 9.99. The molecule has 1 aromatic carbocycles. The molecule has 1 unspecified atom stereocenters. The Morgan fingerprint density at radius 1 is 1.25 bits per heavy atom. The number of hydrogen-bond donors (Lipinski definition) is 1. The van der Waals surface area contributed by atoms with E-state index in [1.807, 2.05) is 51.1 Å². The van der Waals surface area contributed by atoms with Gasteiger partial charge >= 0.3 is 11.8 Å². The van der Waals surface area contributed by atoms with Crippen LogP contribution in [0, 0.1) is 0 Å². The van der Waals surface area contributed by atoms with Gasteiger partial charge in [0.1, 0.15) is 5.60 Å². The van der Waals surface area contributed by atoms with Crippen molar-refractivity contribution in [1.82, 2.24) is 15.5 Å². The third kappa shape index (κ3) is 3.33. The second-order valence-electron chi connectivity index (χ2n) is 7.16.